The van der Waals surface area contributed by atoms with E-state index in [2.05, 4.69) is 161 Å². The van der Waals surface area contributed by atoms with Crippen molar-refractivity contribution in [2.45, 2.75) is 195 Å². The fourth-order valence-electron chi connectivity index (χ4n) is 5.57. The van der Waals surface area contributed by atoms with Gasteiger partial charge in [-0.05, 0) is 165 Å². The Labute approximate surface area is 374 Å². The molecule has 8 nitrogen and oxygen atoms in total. The highest BCUT2D eigenvalue weighted by Gasteiger charge is 2.40. The quantitative estimate of drug-likeness (QED) is 0.0464. The van der Waals surface area contributed by atoms with Crippen molar-refractivity contribution in [3.05, 3.63) is 0 Å². The highest BCUT2D eigenvalue weighted by Crippen LogP contribution is 2.33. The Morgan fingerprint density at radius 2 is 0.526 bits per heavy atom. The van der Waals surface area contributed by atoms with Gasteiger partial charge in [-0.2, -0.15) is 50.5 Å². The zero-order chi connectivity index (χ0) is 44.3. The summed E-state index contributed by atoms with van der Waals surface area (Å²) in [5.41, 5.74) is -3.29. The topological polar surface area (TPSA) is 73.8 Å². The van der Waals surface area contributed by atoms with Crippen molar-refractivity contribution in [2.75, 3.05) is 82.5 Å². The maximum Gasteiger partial charge on any atom is 0.0648 e. The van der Waals surface area contributed by atoms with Gasteiger partial charge in [0.1, 0.15) is 0 Å². The molecule has 0 aromatic rings. The lowest BCUT2D eigenvalue weighted by Gasteiger charge is -2.41. The molecule has 0 aliphatic rings. The van der Waals surface area contributed by atoms with E-state index in [9.17, 15) is 0 Å². The summed E-state index contributed by atoms with van der Waals surface area (Å²) in [4.78, 5) is 0. The van der Waals surface area contributed by atoms with Crippen LogP contribution in [0.15, 0.2) is 0 Å². The molecule has 57 heavy (non-hydrogen) atoms. The number of hydrogen-bond acceptors (Lipinski definition) is 12. The minimum Gasteiger partial charge on any atom is -0.380 e. The van der Waals surface area contributed by atoms with Gasteiger partial charge in [0.2, 0.25) is 0 Å². The molecule has 0 bridgehead atoms. The number of hydrogen-bond donors (Lipinski definition) is 4. The van der Waals surface area contributed by atoms with Crippen LogP contribution in [-0.2, 0) is 37.9 Å². The molecule has 0 aliphatic carbocycles. The molecule has 344 valence electrons. The second-order valence-corrected chi connectivity index (χ2v) is 23.1. The first kappa shape index (κ1) is 58.1. The summed E-state index contributed by atoms with van der Waals surface area (Å²) in [6, 6.07) is 0. The minimum atomic E-state index is -0.640. The maximum absolute atomic E-state index is 6.88. The summed E-state index contributed by atoms with van der Waals surface area (Å²) in [6.07, 6.45) is 5.68. The average Bonchev–Trinajstić information content (AvgIpc) is 3.04. The third-order valence-corrected chi connectivity index (χ3v) is 11.4. The number of rotatable bonds is 36. The zero-order valence-corrected chi connectivity index (χ0v) is 43.3. The predicted octanol–water partition coefficient (Wildman–Crippen LogP) is 11.0. The van der Waals surface area contributed by atoms with Crippen molar-refractivity contribution < 1.29 is 37.9 Å². The van der Waals surface area contributed by atoms with Crippen molar-refractivity contribution in [3.8, 4) is 0 Å². The molecule has 0 heterocycles. The van der Waals surface area contributed by atoms with E-state index in [4.69, 9.17) is 37.9 Å². The van der Waals surface area contributed by atoms with Crippen LogP contribution >= 0.6 is 50.5 Å². The molecule has 12 heteroatoms. The van der Waals surface area contributed by atoms with Gasteiger partial charge in [-0.1, -0.05) is 13.8 Å². The van der Waals surface area contributed by atoms with Gasteiger partial charge in [-0.15, -0.1) is 0 Å². The molecule has 0 N–H and O–H groups in total. The number of thiol groups is 4. The Hall–Kier alpha value is 1.08. The Kier molecular flexibility index (Phi) is 26.5. The third kappa shape index (κ3) is 29.1. The molecule has 0 aliphatic heterocycles. The van der Waals surface area contributed by atoms with Crippen LogP contribution in [0.1, 0.15) is 156 Å². The molecule has 0 saturated heterocycles. The number of ether oxygens (including phenoxy) is 8. The first-order chi connectivity index (χ1) is 25.9. The minimum absolute atomic E-state index is 0.231. The van der Waals surface area contributed by atoms with E-state index in [-0.39, 0.29) is 27.8 Å². The second kappa shape index (κ2) is 26.0. The van der Waals surface area contributed by atoms with E-state index in [1.54, 1.807) is 0 Å². The van der Waals surface area contributed by atoms with Gasteiger partial charge in [0.05, 0.1) is 104 Å². The largest absolute Gasteiger partial charge is 0.380 e. The molecule has 0 amide bonds. The molecule has 0 aromatic carbocycles. The Morgan fingerprint density at radius 1 is 0.281 bits per heavy atom. The van der Waals surface area contributed by atoms with Gasteiger partial charge in [-0.3, -0.25) is 0 Å². The van der Waals surface area contributed by atoms with Gasteiger partial charge in [0.15, 0.2) is 0 Å². The summed E-state index contributed by atoms with van der Waals surface area (Å²) in [5, 5.41) is 0. The molecule has 0 saturated carbocycles. The van der Waals surface area contributed by atoms with E-state index in [0.717, 1.165) is 68.0 Å². The van der Waals surface area contributed by atoms with Crippen LogP contribution in [0.5, 0.6) is 0 Å². The maximum atomic E-state index is 6.88. The fraction of sp³-hybridized carbons (Fsp3) is 1.00. The zero-order valence-electron chi connectivity index (χ0n) is 39.7. The summed E-state index contributed by atoms with van der Waals surface area (Å²) >= 11 is 17.7. The van der Waals surface area contributed by atoms with Gasteiger partial charge in [-0.25, -0.2) is 0 Å². The molecule has 0 fully saturated rings. The van der Waals surface area contributed by atoms with Crippen molar-refractivity contribution in [1.82, 2.24) is 0 Å². The van der Waals surface area contributed by atoms with E-state index < -0.39 is 22.2 Å². The lowest BCUT2D eigenvalue weighted by atomic mass is 9.89. The van der Waals surface area contributed by atoms with Gasteiger partial charge in [0, 0.05) is 5.41 Å². The van der Waals surface area contributed by atoms with Crippen LogP contribution in [0.3, 0.4) is 0 Å². The summed E-state index contributed by atoms with van der Waals surface area (Å²) in [5.74, 6) is 3.10. The molecule has 0 rings (SSSR count). The van der Waals surface area contributed by atoms with Crippen molar-refractivity contribution in [3.63, 3.8) is 0 Å². The van der Waals surface area contributed by atoms with Crippen LogP contribution in [0.2, 0.25) is 0 Å². The summed E-state index contributed by atoms with van der Waals surface area (Å²) in [7, 11) is 0. The molecule has 0 atom stereocenters. The summed E-state index contributed by atoms with van der Waals surface area (Å²) in [6.45, 7) is 38.4. The molecular formula is C45H92O8S4. The first-order valence-corrected chi connectivity index (χ1v) is 23.9. The first-order valence-electron chi connectivity index (χ1n) is 21.4. The SMILES string of the molecule is CC(C)(COCC(COC(C)(C)CCOC(C)(C)CCS)(COC(C)(C)CCOC(C)(C)CCS)COC(C)(C)CCOC(C)(C)CCS)COC(C)(C)CCS. The summed E-state index contributed by atoms with van der Waals surface area (Å²) < 4.78 is 52.6. The highest BCUT2D eigenvalue weighted by molar-refractivity contribution is 7.80. The van der Waals surface area contributed by atoms with E-state index >= 15 is 0 Å². The third-order valence-electron chi connectivity index (χ3n) is 10.5. The monoisotopic (exact) mass is 889 g/mol. The standard InChI is InChI=1S/C45H92O8S4/c1-37(2,32-50-44(15,16)23-30-57)31-46-33-45(34-51-38(3,4)17-24-47-41(9,10)20-27-54,35-52-39(5,6)18-25-48-42(11,12)21-28-55)36-53-40(7,8)19-26-49-43(13,14)22-29-56/h54-57H,17-36H2,1-16H3. The highest BCUT2D eigenvalue weighted by atomic mass is 32.1. The average molecular weight is 889 g/mol. The molecule has 0 radical (unpaired) electrons. The second-order valence-electron chi connectivity index (χ2n) is 21.3. The lowest BCUT2D eigenvalue weighted by Crippen LogP contribution is -2.48. The van der Waals surface area contributed by atoms with Crippen molar-refractivity contribution in [1.29, 1.82) is 0 Å². The van der Waals surface area contributed by atoms with Crippen molar-refractivity contribution in [2.24, 2.45) is 10.8 Å². The fourth-order valence-corrected chi connectivity index (χ4v) is 7.73. The normalized spacial score (nSPS) is 14.5. The van der Waals surface area contributed by atoms with E-state index in [1.807, 2.05) is 0 Å². The Bertz CT molecular complexity index is 964. The smallest absolute Gasteiger partial charge is 0.0648 e. The van der Waals surface area contributed by atoms with Crippen molar-refractivity contribution >= 4 is 50.5 Å². The van der Waals surface area contributed by atoms with Gasteiger partial charge >= 0.3 is 0 Å². The lowest BCUT2D eigenvalue weighted by molar-refractivity contribution is -0.188. The van der Waals surface area contributed by atoms with Gasteiger partial charge < -0.3 is 37.9 Å². The van der Waals surface area contributed by atoms with Crippen LogP contribution in [0.4, 0.5) is 0 Å². The van der Waals surface area contributed by atoms with E-state index in [1.165, 1.54) is 0 Å². The Morgan fingerprint density at radius 3 is 0.807 bits per heavy atom. The van der Waals surface area contributed by atoms with Gasteiger partial charge in [0.25, 0.3) is 0 Å². The van der Waals surface area contributed by atoms with Crippen LogP contribution in [0.25, 0.3) is 0 Å². The molecule has 0 unspecified atom stereocenters. The molecular weight excluding hydrogens is 797 g/mol. The van der Waals surface area contributed by atoms with Crippen LogP contribution in [0, 0.1) is 10.8 Å². The van der Waals surface area contributed by atoms with Crippen LogP contribution < -0.4 is 0 Å². The molecule has 0 aromatic heterocycles. The van der Waals surface area contributed by atoms with Crippen LogP contribution in [-0.4, -0.2) is 122 Å². The molecule has 0 spiro atoms. The predicted molar refractivity (Wildman–Crippen MR) is 255 cm³/mol. The Balaban J connectivity index is 6.48. The van der Waals surface area contributed by atoms with E-state index in [0.29, 0.717) is 59.5 Å².